The van der Waals surface area contributed by atoms with E-state index in [1.807, 2.05) is 12.1 Å². The van der Waals surface area contributed by atoms with Crippen LogP contribution in [-0.2, 0) is 17.9 Å². The first-order valence-electron chi connectivity index (χ1n) is 10.7. The number of benzene rings is 2. The number of carbonyl (C=O) groups is 1. The number of rotatable bonds is 5. The molecule has 4 rings (SSSR count). The molecule has 0 radical (unpaired) electrons. The van der Waals surface area contributed by atoms with Crippen LogP contribution >= 0.6 is 0 Å². The highest BCUT2D eigenvalue weighted by Crippen LogP contribution is 2.22. The summed E-state index contributed by atoms with van der Waals surface area (Å²) >= 11 is 0. The van der Waals surface area contributed by atoms with E-state index in [1.165, 1.54) is 11.6 Å². The van der Waals surface area contributed by atoms with E-state index < -0.39 is 0 Å². The lowest BCUT2D eigenvalue weighted by Crippen LogP contribution is -2.52. The molecular formula is C24H30FN3O. The highest BCUT2D eigenvalue weighted by Gasteiger charge is 2.31. The van der Waals surface area contributed by atoms with Crippen LogP contribution in [0.25, 0.3) is 0 Å². The average molecular weight is 396 g/mol. The standard InChI is InChI=1S/C24H30FN3O/c25-23-10-4-8-21(16-23)18-27-11-5-9-22(19-27)24(29)28-14-12-26(13-15-28)17-20-6-2-1-3-7-20/h1-4,6-8,10,16,22H,5,9,11-15,17-19H2. The molecule has 2 saturated heterocycles. The second-order valence-electron chi connectivity index (χ2n) is 8.29. The third kappa shape index (κ3) is 5.43. The van der Waals surface area contributed by atoms with Crippen LogP contribution in [0.3, 0.4) is 0 Å². The van der Waals surface area contributed by atoms with Gasteiger partial charge in [-0.3, -0.25) is 14.6 Å². The molecule has 2 aromatic carbocycles. The maximum Gasteiger partial charge on any atom is 0.227 e. The number of carbonyl (C=O) groups excluding carboxylic acids is 1. The summed E-state index contributed by atoms with van der Waals surface area (Å²) in [5, 5.41) is 0. The van der Waals surface area contributed by atoms with Crippen molar-refractivity contribution >= 4 is 5.91 Å². The molecular weight excluding hydrogens is 365 g/mol. The zero-order valence-corrected chi connectivity index (χ0v) is 17.0. The summed E-state index contributed by atoms with van der Waals surface area (Å²) in [7, 11) is 0. The highest BCUT2D eigenvalue weighted by atomic mass is 19.1. The minimum absolute atomic E-state index is 0.0676. The normalized spacial score (nSPS) is 21.3. The van der Waals surface area contributed by atoms with Crippen LogP contribution < -0.4 is 0 Å². The summed E-state index contributed by atoms with van der Waals surface area (Å²) < 4.78 is 13.5. The van der Waals surface area contributed by atoms with Crippen LogP contribution in [0.4, 0.5) is 4.39 Å². The van der Waals surface area contributed by atoms with Gasteiger partial charge in [0.15, 0.2) is 0 Å². The molecule has 2 fully saturated rings. The molecule has 0 N–H and O–H groups in total. The second kappa shape index (κ2) is 9.51. The van der Waals surface area contributed by atoms with Gasteiger partial charge in [0.25, 0.3) is 0 Å². The fraction of sp³-hybridized carbons (Fsp3) is 0.458. The van der Waals surface area contributed by atoms with Crippen molar-refractivity contribution in [2.24, 2.45) is 5.92 Å². The first kappa shape index (κ1) is 20.0. The predicted molar refractivity (Wildman–Crippen MR) is 113 cm³/mol. The largest absolute Gasteiger partial charge is 0.340 e. The Labute approximate surface area is 172 Å². The molecule has 1 amide bonds. The van der Waals surface area contributed by atoms with Crippen LogP contribution in [0.5, 0.6) is 0 Å². The Bertz CT molecular complexity index is 805. The van der Waals surface area contributed by atoms with Crippen molar-refractivity contribution < 1.29 is 9.18 Å². The Hall–Kier alpha value is -2.24. The van der Waals surface area contributed by atoms with Gasteiger partial charge in [-0.1, -0.05) is 42.5 Å². The molecule has 1 atom stereocenters. The van der Waals surface area contributed by atoms with E-state index in [9.17, 15) is 9.18 Å². The fourth-order valence-corrected chi connectivity index (χ4v) is 4.52. The number of amides is 1. The third-order valence-electron chi connectivity index (χ3n) is 6.08. The van der Waals surface area contributed by atoms with Gasteiger partial charge in [-0.15, -0.1) is 0 Å². The predicted octanol–water partition coefficient (Wildman–Crippen LogP) is 3.38. The van der Waals surface area contributed by atoms with Gasteiger partial charge in [0.2, 0.25) is 5.91 Å². The van der Waals surface area contributed by atoms with Gasteiger partial charge in [-0.2, -0.15) is 0 Å². The number of hydrogen-bond donors (Lipinski definition) is 0. The molecule has 5 heteroatoms. The van der Waals surface area contributed by atoms with Gasteiger partial charge in [-0.25, -0.2) is 4.39 Å². The minimum atomic E-state index is -0.194. The van der Waals surface area contributed by atoms with Crippen molar-refractivity contribution in [2.45, 2.75) is 25.9 Å². The summed E-state index contributed by atoms with van der Waals surface area (Å²) in [6.45, 7) is 6.91. The van der Waals surface area contributed by atoms with Crippen molar-refractivity contribution in [1.29, 1.82) is 0 Å². The number of likely N-dealkylation sites (tertiary alicyclic amines) is 1. The fourth-order valence-electron chi connectivity index (χ4n) is 4.52. The third-order valence-corrected chi connectivity index (χ3v) is 6.08. The molecule has 0 spiro atoms. The summed E-state index contributed by atoms with van der Waals surface area (Å²) in [6.07, 6.45) is 1.99. The van der Waals surface area contributed by atoms with Gasteiger partial charge in [-0.05, 0) is 42.6 Å². The van der Waals surface area contributed by atoms with Crippen molar-refractivity contribution in [2.75, 3.05) is 39.3 Å². The van der Waals surface area contributed by atoms with E-state index in [2.05, 4.69) is 39.0 Å². The Morgan fingerprint density at radius 3 is 2.34 bits per heavy atom. The Balaban J connectivity index is 1.27. The molecule has 2 heterocycles. The van der Waals surface area contributed by atoms with Gasteiger partial charge in [0.05, 0.1) is 5.92 Å². The van der Waals surface area contributed by atoms with E-state index in [1.54, 1.807) is 12.1 Å². The Morgan fingerprint density at radius 1 is 0.862 bits per heavy atom. The second-order valence-corrected chi connectivity index (χ2v) is 8.29. The molecule has 0 aliphatic carbocycles. The summed E-state index contributed by atoms with van der Waals surface area (Å²) in [5.41, 5.74) is 2.31. The lowest BCUT2D eigenvalue weighted by molar-refractivity contribution is -0.139. The number of piperazine rings is 1. The van der Waals surface area contributed by atoms with E-state index in [4.69, 9.17) is 0 Å². The van der Waals surface area contributed by atoms with E-state index in [0.29, 0.717) is 12.5 Å². The van der Waals surface area contributed by atoms with Crippen molar-refractivity contribution in [3.8, 4) is 0 Å². The van der Waals surface area contributed by atoms with Gasteiger partial charge in [0, 0.05) is 45.8 Å². The molecule has 4 nitrogen and oxygen atoms in total. The van der Waals surface area contributed by atoms with Crippen LogP contribution in [0.15, 0.2) is 54.6 Å². The number of nitrogens with zero attached hydrogens (tertiary/aromatic N) is 3. The van der Waals surface area contributed by atoms with Crippen LogP contribution in [0.1, 0.15) is 24.0 Å². The monoisotopic (exact) mass is 395 g/mol. The quantitative estimate of drug-likeness (QED) is 0.777. The summed E-state index contributed by atoms with van der Waals surface area (Å²) in [4.78, 5) is 19.9. The molecule has 1 unspecified atom stereocenters. The molecule has 0 aromatic heterocycles. The average Bonchev–Trinajstić information content (AvgIpc) is 2.75. The van der Waals surface area contributed by atoms with E-state index in [-0.39, 0.29) is 11.7 Å². The smallest absolute Gasteiger partial charge is 0.227 e. The zero-order chi connectivity index (χ0) is 20.1. The zero-order valence-electron chi connectivity index (χ0n) is 17.0. The topological polar surface area (TPSA) is 26.8 Å². The molecule has 2 aliphatic rings. The van der Waals surface area contributed by atoms with Crippen LogP contribution in [0.2, 0.25) is 0 Å². The first-order chi connectivity index (χ1) is 14.2. The SMILES string of the molecule is O=C(C1CCCN(Cc2cccc(F)c2)C1)N1CCN(Cc2ccccc2)CC1. The number of piperidine rings is 1. The van der Waals surface area contributed by atoms with Crippen molar-refractivity contribution in [1.82, 2.24) is 14.7 Å². The molecule has 2 aliphatic heterocycles. The highest BCUT2D eigenvalue weighted by molar-refractivity contribution is 5.79. The summed E-state index contributed by atoms with van der Waals surface area (Å²) in [6, 6.07) is 17.3. The van der Waals surface area contributed by atoms with Gasteiger partial charge in [0.1, 0.15) is 5.82 Å². The molecule has 29 heavy (non-hydrogen) atoms. The van der Waals surface area contributed by atoms with Gasteiger partial charge >= 0.3 is 0 Å². The summed E-state index contributed by atoms with van der Waals surface area (Å²) in [5.74, 6) is 0.173. The minimum Gasteiger partial charge on any atom is -0.340 e. The Kier molecular flexibility index (Phi) is 6.57. The van der Waals surface area contributed by atoms with Crippen molar-refractivity contribution in [3.63, 3.8) is 0 Å². The maximum absolute atomic E-state index is 13.5. The lowest BCUT2D eigenvalue weighted by atomic mass is 9.95. The lowest BCUT2D eigenvalue weighted by Gasteiger charge is -2.39. The van der Waals surface area contributed by atoms with E-state index >= 15 is 0 Å². The number of hydrogen-bond acceptors (Lipinski definition) is 3. The molecule has 0 saturated carbocycles. The van der Waals surface area contributed by atoms with Crippen molar-refractivity contribution in [3.05, 3.63) is 71.5 Å². The number of halogens is 1. The van der Waals surface area contributed by atoms with Crippen LogP contribution in [0, 0.1) is 11.7 Å². The van der Waals surface area contributed by atoms with E-state index in [0.717, 1.165) is 64.2 Å². The molecule has 0 bridgehead atoms. The maximum atomic E-state index is 13.5. The van der Waals surface area contributed by atoms with Crippen LogP contribution in [-0.4, -0.2) is 59.9 Å². The molecule has 154 valence electrons. The van der Waals surface area contributed by atoms with Gasteiger partial charge < -0.3 is 4.90 Å². The molecule has 2 aromatic rings. The first-order valence-corrected chi connectivity index (χ1v) is 10.7. The Morgan fingerprint density at radius 2 is 1.59 bits per heavy atom.